The molecule has 4 atom stereocenters. The van der Waals surface area contributed by atoms with Gasteiger partial charge in [-0.2, -0.15) is 0 Å². The molecule has 2 bridgehead atoms. The number of fused-ring (bicyclic) bond motifs is 5. The van der Waals surface area contributed by atoms with Crippen LogP contribution in [0.15, 0.2) is 0 Å². The molecule has 3 rings (SSSR count). The predicted octanol–water partition coefficient (Wildman–Crippen LogP) is 1.31. The Hall–Kier alpha value is -0.310. The second kappa shape index (κ2) is 2.34. The summed E-state index contributed by atoms with van der Waals surface area (Å²) in [5.41, 5.74) is 0. The van der Waals surface area contributed by atoms with Crippen LogP contribution in [0.2, 0.25) is 0 Å². The predicted molar refractivity (Wildman–Crippen MR) is 49.8 cm³/mol. The number of nitrogens with one attached hydrogen (secondary N) is 1. The number of ether oxygens (including phenoxy) is 1. The molecule has 0 aromatic rings. The Morgan fingerprint density at radius 2 is 2.17 bits per heavy atom. The van der Waals surface area contributed by atoms with Crippen LogP contribution in [-0.4, -0.2) is 17.8 Å². The van der Waals surface area contributed by atoms with Gasteiger partial charge in [-0.05, 0) is 43.3 Å². The van der Waals surface area contributed by atoms with Crippen LogP contribution in [0.4, 0.5) is 0 Å². The largest absolute Gasteiger partial charge is 0.467 e. The number of hydrogen-bond acceptors (Lipinski definition) is 2. The van der Waals surface area contributed by atoms with Gasteiger partial charge in [0.1, 0.15) is 6.10 Å². The van der Waals surface area contributed by atoms with E-state index in [0.29, 0.717) is 11.3 Å². The number of hydrogen-bond donors (Lipinski definition) is 1. The highest BCUT2D eigenvalue weighted by Gasteiger charge is 2.50. The lowest BCUT2D eigenvalue weighted by atomic mass is 9.85. The van der Waals surface area contributed by atoms with Crippen LogP contribution in [0, 0.1) is 17.8 Å². The van der Waals surface area contributed by atoms with E-state index in [1.165, 1.54) is 19.3 Å². The normalized spacial score (nSPS) is 49.8. The number of rotatable bonds is 0. The minimum Gasteiger partial charge on any atom is -0.467 e. The molecule has 0 amide bonds. The van der Waals surface area contributed by atoms with Crippen LogP contribution < -0.4 is 5.32 Å². The van der Waals surface area contributed by atoms with Crippen LogP contribution in [0.1, 0.15) is 19.3 Å². The molecule has 12 heavy (non-hydrogen) atoms. The van der Waals surface area contributed by atoms with Crippen LogP contribution in [-0.2, 0) is 4.74 Å². The second-order valence-electron chi connectivity index (χ2n) is 4.25. The van der Waals surface area contributed by atoms with Crippen molar-refractivity contribution in [3.63, 3.8) is 0 Å². The van der Waals surface area contributed by atoms with Crippen LogP contribution in [0.3, 0.4) is 0 Å². The van der Waals surface area contributed by atoms with E-state index >= 15 is 0 Å². The van der Waals surface area contributed by atoms with Crippen molar-refractivity contribution in [1.29, 1.82) is 0 Å². The fraction of sp³-hybridized carbons (Fsp3) is 0.889. The molecule has 0 spiro atoms. The summed E-state index contributed by atoms with van der Waals surface area (Å²) in [7, 11) is 0. The third-order valence-corrected chi connectivity index (χ3v) is 3.97. The van der Waals surface area contributed by atoms with Crippen molar-refractivity contribution in [2.45, 2.75) is 25.4 Å². The Morgan fingerprint density at radius 1 is 1.33 bits per heavy atom. The highest BCUT2D eigenvalue weighted by molar-refractivity contribution is 7.80. The lowest BCUT2D eigenvalue weighted by Gasteiger charge is -2.36. The average molecular weight is 183 g/mol. The maximum atomic E-state index is 5.66. The molecule has 1 saturated heterocycles. The molecule has 66 valence electrons. The zero-order chi connectivity index (χ0) is 8.13. The molecule has 2 saturated carbocycles. The molecule has 0 unspecified atom stereocenters. The van der Waals surface area contributed by atoms with Crippen molar-refractivity contribution < 1.29 is 4.74 Å². The first-order valence-corrected chi connectivity index (χ1v) is 5.20. The smallest absolute Gasteiger partial charge is 0.256 e. The molecule has 3 fully saturated rings. The Morgan fingerprint density at radius 3 is 3.08 bits per heavy atom. The fourth-order valence-electron chi connectivity index (χ4n) is 3.19. The first kappa shape index (κ1) is 7.13. The molecule has 2 aliphatic carbocycles. The third kappa shape index (κ3) is 0.830. The van der Waals surface area contributed by atoms with Gasteiger partial charge < -0.3 is 10.1 Å². The zero-order valence-corrected chi connectivity index (χ0v) is 7.77. The van der Waals surface area contributed by atoms with Crippen molar-refractivity contribution in [1.82, 2.24) is 5.32 Å². The molecule has 0 radical (unpaired) electrons. The van der Waals surface area contributed by atoms with Gasteiger partial charge in [-0.15, -0.1) is 0 Å². The molecular weight excluding hydrogens is 170 g/mol. The SMILES string of the molecule is S=C1NC[C@H]2[C@H]3CC[C@H](C3)[C@H]2O1. The van der Waals surface area contributed by atoms with Crippen molar-refractivity contribution in [2.24, 2.45) is 17.8 Å². The Balaban J connectivity index is 1.85. The lowest BCUT2D eigenvalue weighted by molar-refractivity contribution is 0.0505. The molecular formula is C9H13NOS. The summed E-state index contributed by atoms with van der Waals surface area (Å²) >= 11 is 5.01. The summed E-state index contributed by atoms with van der Waals surface area (Å²) in [4.78, 5) is 0. The molecule has 0 aromatic carbocycles. The van der Waals surface area contributed by atoms with E-state index in [4.69, 9.17) is 17.0 Å². The van der Waals surface area contributed by atoms with Crippen LogP contribution >= 0.6 is 12.2 Å². The van der Waals surface area contributed by atoms with Crippen LogP contribution in [0.25, 0.3) is 0 Å². The van der Waals surface area contributed by atoms with E-state index in [0.717, 1.165) is 24.3 Å². The van der Waals surface area contributed by atoms with Crippen molar-refractivity contribution in [2.75, 3.05) is 6.54 Å². The third-order valence-electron chi connectivity index (χ3n) is 3.73. The van der Waals surface area contributed by atoms with E-state index < -0.39 is 0 Å². The molecule has 2 nitrogen and oxygen atoms in total. The average Bonchev–Trinajstić information content (AvgIpc) is 2.63. The van der Waals surface area contributed by atoms with E-state index in [9.17, 15) is 0 Å². The van der Waals surface area contributed by atoms with Gasteiger partial charge >= 0.3 is 0 Å². The summed E-state index contributed by atoms with van der Waals surface area (Å²) in [5.74, 6) is 2.51. The molecule has 1 N–H and O–H groups in total. The lowest BCUT2D eigenvalue weighted by Crippen LogP contribution is -2.47. The second-order valence-corrected chi connectivity index (χ2v) is 4.62. The quantitative estimate of drug-likeness (QED) is 0.572. The topological polar surface area (TPSA) is 21.3 Å². The van der Waals surface area contributed by atoms with Gasteiger partial charge in [-0.3, -0.25) is 0 Å². The van der Waals surface area contributed by atoms with Gasteiger partial charge in [-0.1, -0.05) is 0 Å². The zero-order valence-electron chi connectivity index (χ0n) is 6.95. The summed E-state index contributed by atoms with van der Waals surface area (Å²) in [6, 6.07) is 0. The van der Waals surface area contributed by atoms with Crippen molar-refractivity contribution in [3.05, 3.63) is 0 Å². The Kier molecular flexibility index (Phi) is 1.39. The van der Waals surface area contributed by atoms with Gasteiger partial charge in [0, 0.05) is 12.5 Å². The van der Waals surface area contributed by atoms with Gasteiger partial charge in [0.15, 0.2) is 0 Å². The first-order valence-electron chi connectivity index (χ1n) is 4.79. The Bertz CT molecular complexity index is 231. The van der Waals surface area contributed by atoms with Gasteiger partial charge in [-0.25, -0.2) is 0 Å². The summed E-state index contributed by atoms with van der Waals surface area (Å²) in [6.07, 6.45) is 4.65. The minimum absolute atomic E-state index is 0.470. The molecule has 1 heterocycles. The monoisotopic (exact) mass is 183 g/mol. The van der Waals surface area contributed by atoms with Crippen molar-refractivity contribution >= 4 is 17.4 Å². The molecule has 3 heteroatoms. The minimum atomic E-state index is 0.470. The van der Waals surface area contributed by atoms with Gasteiger partial charge in [0.25, 0.3) is 5.17 Å². The van der Waals surface area contributed by atoms with Gasteiger partial charge in [0.2, 0.25) is 0 Å². The summed E-state index contributed by atoms with van der Waals surface area (Å²) < 4.78 is 5.66. The highest BCUT2D eigenvalue weighted by atomic mass is 32.1. The molecule has 3 aliphatic rings. The van der Waals surface area contributed by atoms with E-state index in [1.807, 2.05) is 0 Å². The van der Waals surface area contributed by atoms with Gasteiger partial charge in [0.05, 0.1) is 0 Å². The maximum Gasteiger partial charge on any atom is 0.256 e. The van der Waals surface area contributed by atoms with Crippen LogP contribution in [0.5, 0.6) is 0 Å². The maximum absolute atomic E-state index is 5.66. The first-order chi connectivity index (χ1) is 5.84. The van der Waals surface area contributed by atoms with E-state index in [1.54, 1.807) is 0 Å². The standard InChI is InChI=1S/C9H13NOS/c12-9-10-4-7-5-1-2-6(3-5)8(7)11-9/h5-8H,1-4H2,(H,10,12)/t5-,6+,7-,8+/m0/s1. The Labute approximate surface area is 77.7 Å². The highest BCUT2D eigenvalue weighted by Crippen LogP contribution is 2.50. The summed E-state index contributed by atoms with van der Waals surface area (Å²) in [6.45, 7) is 1.06. The van der Waals surface area contributed by atoms with Crippen molar-refractivity contribution in [3.8, 4) is 0 Å². The number of thiocarbonyl (C=S) groups is 1. The molecule has 0 aromatic heterocycles. The summed E-state index contributed by atoms with van der Waals surface area (Å²) in [5, 5.41) is 3.78. The van der Waals surface area contributed by atoms with E-state index in [2.05, 4.69) is 5.32 Å². The molecule has 1 aliphatic heterocycles. The van der Waals surface area contributed by atoms with E-state index in [-0.39, 0.29) is 0 Å². The fourth-order valence-corrected chi connectivity index (χ4v) is 3.39.